The van der Waals surface area contributed by atoms with Crippen LogP contribution in [0.25, 0.3) is 0 Å². The number of piperidine rings is 1. The molecule has 3 amide bonds. The molecule has 1 aromatic heterocycles. The third kappa shape index (κ3) is 13.4. The Hall–Kier alpha value is -3.88. The molecule has 0 unspecified atom stereocenters. The zero-order chi connectivity index (χ0) is 40.8. The van der Waals surface area contributed by atoms with Crippen molar-refractivity contribution in [3.05, 3.63) is 51.5 Å². The summed E-state index contributed by atoms with van der Waals surface area (Å²) < 4.78 is 11.1. The van der Waals surface area contributed by atoms with Crippen LogP contribution in [0.3, 0.4) is 0 Å². The number of nitrogens with one attached hydrogen (secondary N) is 2. The van der Waals surface area contributed by atoms with E-state index in [2.05, 4.69) is 10.6 Å². The van der Waals surface area contributed by atoms with Crippen LogP contribution in [0.2, 0.25) is 0 Å². The van der Waals surface area contributed by atoms with E-state index < -0.39 is 42.0 Å². The summed E-state index contributed by atoms with van der Waals surface area (Å²) in [5.74, 6) is -2.52. The van der Waals surface area contributed by atoms with Gasteiger partial charge in [0.25, 0.3) is 5.91 Å². The smallest absolute Gasteiger partial charge is 0.308 e. The van der Waals surface area contributed by atoms with Gasteiger partial charge in [0.05, 0.1) is 18.6 Å². The third-order valence-corrected chi connectivity index (χ3v) is 11.4. The van der Waals surface area contributed by atoms with Gasteiger partial charge in [-0.05, 0) is 63.6 Å². The lowest BCUT2D eigenvalue weighted by molar-refractivity contribution is -0.149. The first kappa shape index (κ1) is 45.5. The van der Waals surface area contributed by atoms with Crippen LogP contribution >= 0.6 is 11.3 Å². The van der Waals surface area contributed by atoms with Crippen LogP contribution in [0.15, 0.2) is 30.3 Å². The Kier molecular flexibility index (Phi) is 18.2. The molecule has 3 rings (SSSR count). The number of aliphatic hydroxyl groups excluding tert-OH is 1. The number of esters is 2. The van der Waals surface area contributed by atoms with E-state index >= 15 is 0 Å². The van der Waals surface area contributed by atoms with Gasteiger partial charge in [-0.15, -0.1) is 11.3 Å². The third-order valence-electron chi connectivity index (χ3n) is 10.2. The number of ether oxygens (including phenoxy) is 2. The lowest BCUT2D eigenvalue weighted by atomic mass is 9.94. The molecular formula is C41H63N5O8S. The number of thiazole rings is 1. The molecule has 6 atom stereocenters. The van der Waals surface area contributed by atoms with E-state index in [4.69, 9.17) is 14.5 Å². The largest absolute Gasteiger partial charge is 0.466 e. The summed E-state index contributed by atoms with van der Waals surface area (Å²) in [6.45, 7) is 13.4. The Balaban J connectivity index is 1.90. The number of carbonyl (C=O) groups excluding carboxylic acids is 5. The maximum Gasteiger partial charge on any atom is 0.308 e. The Morgan fingerprint density at radius 1 is 1.02 bits per heavy atom. The molecule has 306 valence electrons. The monoisotopic (exact) mass is 785 g/mol. The van der Waals surface area contributed by atoms with Crippen LogP contribution in [-0.2, 0) is 41.5 Å². The average molecular weight is 786 g/mol. The second-order valence-electron chi connectivity index (χ2n) is 15.4. The number of hydrogen-bond acceptors (Lipinski definition) is 11. The number of likely N-dealkylation sites (N-methyl/N-ethyl adjacent to an activating group) is 2. The second kappa shape index (κ2) is 22.0. The molecule has 0 aliphatic carbocycles. The minimum atomic E-state index is -0.906. The highest BCUT2D eigenvalue weighted by Crippen LogP contribution is 2.33. The van der Waals surface area contributed by atoms with Crippen molar-refractivity contribution in [1.29, 1.82) is 0 Å². The van der Waals surface area contributed by atoms with Gasteiger partial charge >= 0.3 is 11.9 Å². The average Bonchev–Trinajstić information content (AvgIpc) is 3.56. The summed E-state index contributed by atoms with van der Waals surface area (Å²) in [5.41, 5.74) is 1.08. The Morgan fingerprint density at radius 3 is 2.29 bits per heavy atom. The summed E-state index contributed by atoms with van der Waals surface area (Å²) in [6.07, 6.45) is 2.94. The van der Waals surface area contributed by atoms with Gasteiger partial charge in [-0.3, -0.25) is 28.9 Å². The van der Waals surface area contributed by atoms with Gasteiger partial charge in [-0.2, -0.15) is 0 Å². The SMILES string of the molecule is CCOC(=O)[C@@H](C)C[C@H](Cc1ccccc1)NC(=O)c1nc([C@@H](C[C@H](C(C)C)N(C)C(=O)[C@@H](NC(=O)[C@H]2CCCCN2C)C(C)C)OC(C)=O)sc1CCO. The van der Waals surface area contributed by atoms with Gasteiger partial charge in [-0.1, -0.05) is 71.4 Å². The van der Waals surface area contributed by atoms with Gasteiger partial charge in [0.1, 0.15) is 16.7 Å². The molecular weight excluding hydrogens is 723 g/mol. The fourth-order valence-corrected chi connectivity index (χ4v) is 8.25. The van der Waals surface area contributed by atoms with Crippen molar-refractivity contribution in [2.45, 2.75) is 124 Å². The van der Waals surface area contributed by atoms with Gasteiger partial charge in [0.15, 0.2) is 6.10 Å². The molecule has 0 radical (unpaired) electrons. The standard InChI is InChI=1S/C41H63N5O8S/c1-10-53-41(52)27(6)22-30(23-29-16-12-11-13-17-29)42-38(50)36-34(19-21-47)55-39(44-36)33(54-28(7)48)24-32(25(2)3)46(9)40(51)35(26(4)5)43-37(49)31-18-14-15-20-45(31)8/h11-13,16-17,25-27,30-33,35,47H,10,14-15,18-24H2,1-9H3,(H,42,50)(H,43,49)/t27-,30+,31+,32+,33+,35-/m0/s1. The minimum absolute atomic E-state index is 0.0835. The lowest BCUT2D eigenvalue weighted by Crippen LogP contribution is -2.57. The number of likely N-dealkylation sites (tertiary alicyclic amines) is 1. The number of carbonyl (C=O) groups is 5. The van der Waals surface area contributed by atoms with Crippen molar-refractivity contribution in [3.63, 3.8) is 0 Å². The highest BCUT2D eigenvalue weighted by atomic mass is 32.1. The Labute approximate surface area is 330 Å². The molecule has 13 nitrogen and oxygen atoms in total. The normalized spacial score (nSPS) is 17.5. The number of hydrogen-bond donors (Lipinski definition) is 3. The van der Waals surface area contributed by atoms with Crippen LogP contribution in [0, 0.1) is 17.8 Å². The predicted octanol–water partition coefficient (Wildman–Crippen LogP) is 4.71. The zero-order valence-electron chi connectivity index (χ0n) is 34.1. The van der Waals surface area contributed by atoms with E-state index in [-0.39, 0.29) is 67.4 Å². The van der Waals surface area contributed by atoms with Crippen molar-refractivity contribution in [2.75, 3.05) is 33.9 Å². The lowest BCUT2D eigenvalue weighted by Gasteiger charge is -2.37. The van der Waals surface area contributed by atoms with E-state index in [1.807, 2.05) is 70.0 Å². The fourth-order valence-electron chi connectivity index (χ4n) is 7.16. The maximum absolute atomic E-state index is 14.2. The molecule has 2 aromatic rings. The summed E-state index contributed by atoms with van der Waals surface area (Å²) in [4.78, 5) is 75.5. The predicted molar refractivity (Wildman–Crippen MR) is 212 cm³/mol. The van der Waals surface area contributed by atoms with E-state index in [1.165, 1.54) is 18.3 Å². The molecule has 1 aliphatic rings. The summed E-state index contributed by atoms with van der Waals surface area (Å²) in [6, 6.07) is 7.71. The number of benzene rings is 1. The molecule has 14 heteroatoms. The van der Waals surface area contributed by atoms with Gasteiger partial charge in [-0.25, -0.2) is 4.98 Å². The van der Waals surface area contributed by atoms with Crippen molar-refractivity contribution in [3.8, 4) is 0 Å². The number of aliphatic hydroxyl groups is 1. The number of nitrogens with zero attached hydrogens (tertiary/aromatic N) is 3. The first-order chi connectivity index (χ1) is 26.1. The van der Waals surface area contributed by atoms with Crippen molar-refractivity contribution in [1.82, 2.24) is 25.4 Å². The maximum atomic E-state index is 14.2. The Morgan fingerprint density at radius 2 is 1.71 bits per heavy atom. The molecule has 0 bridgehead atoms. The van der Waals surface area contributed by atoms with E-state index in [1.54, 1.807) is 25.8 Å². The number of rotatable bonds is 20. The van der Waals surface area contributed by atoms with E-state index in [0.29, 0.717) is 22.7 Å². The number of amides is 3. The van der Waals surface area contributed by atoms with Crippen LogP contribution in [0.1, 0.15) is 113 Å². The molecule has 2 heterocycles. The molecule has 1 fully saturated rings. The molecule has 0 spiro atoms. The summed E-state index contributed by atoms with van der Waals surface area (Å²) >= 11 is 1.18. The van der Waals surface area contributed by atoms with Gasteiger partial charge in [0.2, 0.25) is 11.8 Å². The second-order valence-corrected chi connectivity index (χ2v) is 16.5. The van der Waals surface area contributed by atoms with Crippen LogP contribution in [0.4, 0.5) is 0 Å². The van der Waals surface area contributed by atoms with Crippen LogP contribution < -0.4 is 10.6 Å². The molecule has 3 N–H and O–H groups in total. The van der Waals surface area contributed by atoms with Crippen molar-refractivity contribution >= 4 is 41.0 Å². The van der Waals surface area contributed by atoms with E-state index in [0.717, 1.165) is 31.4 Å². The molecule has 0 saturated carbocycles. The highest BCUT2D eigenvalue weighted by molar-refractivity contribution is 7.12. The first-order valence-corrected chi connectivity index (χ1v) is 20.5. The topological polar surface area (TPSA) is 167 Å². The van der Waals surface area contributed by atoms with Crippen molar-refractivity contribution in [2.24, 2.45) is 17.8 Å². The summed E-state index contributed by atoms with van der Waals surface area (Å²) in [5, 5.41) is 16.4. The van der Waals surface area contributed by atoms with Gasteiger partial charge < -0.3 is 30.1 Å². The Bertz CT molecular complexity index is 1570. The van der Waals surface area contributed by atoms with Crippen molar-refractivity contribution < 1.29 is 38.6 Å². The molecule has 55 heavy (non-hydrogen) atoms. The minimum Gasteiger partial charge on any atom is -0.466 e. The van der Waals surface area contributed by atoms with Gasteiger partial charge in [0, 0.05) is 50.4 Å². The summed E-state index contributed by atoms with van der Waals surface area (Å²) in [7, 11) is 3.63. The van der Waals surface area contributed by atoms with Crippen LogP contribution in [-0.4, -0.2) is 108 Å². The van der Waals surface area contributed by atoms with Crippen LogP contribution in [0.5, 0.6) is 0 Å². The number of aromatic nitrogens is 1. The first-order valence-electron chi connectivity index (χ1n) is 19.6. The zero-order valence-corrected chi connectivity index (χ0v) is 34.9. The fraction of sp³-hybridized carbons (Fsp3) is 0.659. The highest BCUT2D eigenvalue weighted by Gasteiger charge is 2.37. The molecule has 1 aliphatic heterocycles. The van der Waals surface area contributed by atoms with E-state index in [9.17, 15) is 29.1 Å². The molecule has 1 aromatic carbocycles. The quantitative estimate of drug-likeness (QED) is 0.160. The molecule has 1 saturated heterocycles.